The zero-order valence-corrected chi connectivity index (χ0v) is 5.57. The highest BCUT2D eigenvalue weighted by Gasteiger charge is 2.07. The molecule has 0 radical (unpaired) electrons. The lowest BCUT2D eigenvalue weighted by Gasteiger charge is -1.91. The van der Waals surface area contributed by atoms with Gasteiger partial charge in [-0.25, -0.2) is 8.42 Å². The molecule has 9 heavy (non-hydrogen) atoms. The Balaban J connectivity index is 2.83. The van der Waals surface area contributed by atoms with E-state index in [0.717, 1.165) is 0 Å². The van der Waals surface area contributed by atoms with E-state index in [1.165, 1.54) is 0 Å². The summed E-state index contributed by atoms with van der Waals surface area (Å²) in [5.74, 6) is 2.41. The van der Waals surface area contributed by atoms with Gasteiger partial charge in [0.2, 0.25) is 9.84 Å². The summed E-state index contributed by atoms with van der Waals surface area (Å²) in [4.78, 5) is 0. The molecule has 50 valence electrons. The van der Waals surface area contributed by atoms with Crippen LogP contribution in [0.4, 0.5) is 0 Å². The summed E-state index contributed by atoms with van der Waals surface area (Å²) < 4.78 is 26.0. The molecule has 0 atom stereocenters. The maximum atomic E-state index is 10.6. The predicted octanol–water partition coefficient (Wildman–Crippen LogP) is -0.608. The highest BCUT2D eigenvalue weighted by Crippen LogP contribution is 1.90. The van der Waals surface area contributed by atoms with E-state index in [9.17, 15) is 8.42 Å². The highest BCUT2D eigenvalue weighted by atomic mass is 32.2. The summed E-state index contributed by atoms with van der Waals surface area (Å²) in [6, 6.07) is 0. The first kappa shape index (κ1) is 6.59. The minimum atomic E-state index is -3.11. The van der Waals surface area contributed by atoms with E-state index >= 15 is 0 Å². The van der Waals surface area contributed by atoms with Gasteiger partial charge in [0, 0.05) is 5.25 Å². The smallest absolute Gasteiger partial charge is 0.219 e. The monoisotopic (exact) mass is 146 g/mol. The Kier molecular flexibility index (Phi) is 1.74. The Hall–Kier alpha value is -0.530. The van der Waals surface area contributed by atoms with E-state index in [4.69, 9.17) is 4.74 Å². The van der Waals surface area contributed by atoms with E-state index < -0.39 is 9.84 Å². The zero-order chi connectivity index (χ0) is 6.74. The van der Waals surface area contributed by atoms with Gasteiger partial charge in [-0.15, -0.1) is 0 Å². The molecule has 1 aliphatic rings. The zero-order valence-electron chi connectivity index (χ0n) is 4.75. The Labute approximate surface area is 53.9 Å². The number of hydrogen-bond acceptors (Lipinski definition) is 3. The molecule has 1 heterocycles. The van der Waals surface area contributed by atoms with Crippen molar-refractivity contribution in [3.63, 3.8) is 0 Å². The van der Waals surface area contributed by atoms with Crippen molar-refractivity contribution in [2.24, 2.45) is 0 Å². The van der Waals surface area contributed by atoms with Crippen LogP contribution in [-0.2, 0) is 14.6 Å². The molecule has 0 fully saturated rings. The maximum absolute atomic E-state index is 10.6. The first-order valence-electron chi connectivity index (χ1n) is 2.51. The largest absolute Gasteiger partial charge is 0.368 e. The molecule has 0 amide bonds. The minimum absolute atomic E-state index is 0.0278. The van der Waals surface area contributed by atoms with Crippen LogP contribution in [0.2, 0.25) is 0 Å². The lowest BCUT2D eigenvalue weighted by Crippen LogP contribution is -2.06. The number of ether oxygens (including phenoxy) is 1. The van der Waals surface area contributed by atoms with Gasteiger partial charge in [0.25, 0.3) is 0 Å². The van der Waals surface area contributed by atoms with Crippen LogP contribution in [0.1, 0.15) is 0 Å². The standard InChI is InChI=1S/C5H6O3S/c6-9(7)4-1-2-8-3-5-9/h2-3,5H2. The van der Waals surface area contributed by atoms with Crippen LogP contribution in [0, 0.1) is 11.2 Å². The Morgan fingerprint density at radius 3 is 3.00 bits per heavy atom. The average Bonchev–Trinajstić information content (AvgIpc) is 1.92. The third kappa shape index (κ3) is 2.04. The van der Waals surface area contributed by atoms with Crippen molar-refractivity contribution in [2.75, 3.05) is 19.0 Å². The predicted molar refractivity (Wildman–Crippen MR) is 32.4 cm³/mol. The van der Waals surface area contributed by atoms with Gasteiger partial charge in [-0.05, 0) is 0 Å². The lowest BCUT2D eigenvalue weighted by atomic mass is 10.7. The molecule has 1 rings (SSSR count). The van der Waals surface area contributed by atoms with E-state index in [1.54, 1.807) is 0 Å². The molecule has 0 unspecified atom stereocenters. The van der Waals surface area contributed by atoms with E-state index in [0.29, 0.717) is 0 Å². The van der Waals surface area contributed by atoms with Crippen molar-refractivity contribution in [1.82, 2.24) is 0 Å². The third-order valence-electron chi connectivity index (χ3n) is 0.898. The van der Waals surface area contributed by atoms with Crippen LogP contribution in [-0.4, -0.2) is 27.4 Å². The Morgan fingerprint density at radius 2 is 2.22 bits per heavy atom. The molecule has 0 aromatic rings. The molecule has 0 N–H and O–H groups in total. The third-order valence-corrected chi connectivity index (χ3v) is 2.06. The molecule has 0 spiro atoms. The highest BCUT2D eigenvalue weighted by molar-refractivity contribution is 7.96. The second-order valence-corrected chi connectivity index (χ2v) is 3.49. The average molecular weight is 146 g/mol. The summed E-state index contributed by atoms with van der Waals surface area (Å²) in [7, 11) is -3.11. The van der Waals surface area contributed by atoms with Crippen LogP contribution in [0.15, 0.2) is 0 Å². The van der Waals surface area contributed by atoms with Crippen LogP contribution < -0.4 is 0 Å². The van der Waals surface area contributed by atoms with Crippen LogP contribution in [0.25, 0.3) is 0 Å². The Morgan fingerprint density at radius 1 is 1.44 bits per heavy atom. The summed E-state index contributed by atoms with van der Waals surface area (Å²) in [5, 5.41) is 2.12. The van der Waals surface area contributed by atoms with Gasteiger partial charge in [0.05, 0.1) is 12.4 Å². The van der Waals surface area contributed by atoms with E-state index in [1.807, 2.05) is 0 Å². The van der Waals surface area contributed by atoms with Crippen molar-refractivity contribution in [3.8, 4) is 11.2 Å². The van der Waals surface area contributed by atoms with Crippen molar-refractivity contribution in [2.45, 2.75) is 0 Å². The van der Waals surface area contributed by atoms with Gasteiger partial charge in [-0.3, -0.25) is 0 Å². The van der Waals surface area contributed by atoms with Crippen molar-refractivity contribution < 1.29 is 13.2 Å². The minimum Gasteiger partial charge on any atom is -0.368 e. The normalized spacial score (nSPS) is 23.6. The molecule has 0 aromatic heterocycles. The van der Waals surface area contributed by atoms with Gasteiger partial charge in [0.1, 0.15) is 6.61 Å². The van der Waals surface area contributed by atoms with Crippen molar-refractivity contribution in [1.29, 1.82) is 0 Å². The molecule has 0 aliphatic carbocycles. The second kappa shape index (κ2) is 2.38. The maximum Gasteiger partial charge on any atom is 0.219 e. The molecule has 1 aliphatic heterocycles. The second-order valence-electron chi connectivity index (χ2n) is 1.65. The quantitative estimate of drug-likeness (QED) is 0.338. The van der Waals surface area contributed by atoms with Crippen LogP contribution in [0.3, 0.4) is 0 Å². The molecule has 0 bridgehead atoms. The summed E-state index contributed by atoms with van der Waals surface area (Å²) in [6.45, 7) is 0.488. The number of rotatable bonds is 0. The van der Waals surface area contributed by atoms with Crippen molar-refractivity contribution in [3.05, 3.63) is 0 Å². The molecule has 3 nitrogen and oxygen atoms in total. The first-order chi connectivity index (χ1) is 4.21. The topological polar surface area (TPSA) is 43.4 Å². The van der Waals surface area contributed by atoms with Gasteiger partial charge >= 0.3 is 0 Å². The lowest BCUT2D eigenvalue weighted by molar-refractivity contribution is 0.185. The molecule has 0 aromatic carbocycles. The number of sulfone groups is 1. The SMILES string of the molecule is O=S1(=O)C#CCOCC1. The summed E-state index contributed by atoms with van der Waals surface area (Å²) >= 11 is 0. The number of hydrogen-bond donors (Lipinski definition) is 0. The Bertz CT molecular complexity index is 241. The molecule has 4 heteroatoms. The first-order valence-corrected chi connectivity index (χ1v) is 4.16. The van der Waals surface area contributed by atoms with E-state index in [2.05, 4.69) is 11.2 Å². The fourth-order valence-electron chi connectivity index (χ4n) is 0.482. The fourth-order valence-corrected chi connectivity index (χ4v) is 1.20. The van der Waals surface area contributed by atoms with Gasteiger partial charge < -0.3 is 4.74 Å². The summed E-state index contributed by atoms with van der Waals surface area (Å²) in [5.41, 5.74) is 0. The summed E-state index contributed by atoms with van der Waals surface area (Å²) in [6.07, 6.45) is 0. The molecule has 0 saturated heterocycles. The molecule has 0 saturated carbocycles. The van der Waals surface area contributed by atoms with Gasteiger partial charge in [0.15, 0.2) is 0 Å². The van der Waals surface area contributed by atoms with Crippen LogP contribution in [0.5, 0.6) is 0 Å². The van der Waals surface area contributed by atoms with E-state index in [-0.39, 0.29) is 19.0 Å². The molecular formula is C5H6O3S. The van der Waals surface area contributed by atoms with Crippen LogP contribution >= 0.6 is 0 Å². The molecular weight excluding hydrogens is 140 g/mol. The van der Waals surface area contributed by atoms with Gasteiger partial charge in [-0.2, -0.15) is 0 Å². The fraction of sp³-hybridized carbons (Fsp3) is 0.600. The van der Waals surface area contributed by atoms with Crippen molar-refractivity contribution >= 4 is 9.84 Å². The van der Waals surface area contributed by atoms with Gasteiger partial charge in [-0.1, -0.05) is 5.92 Å².